The van der Waals surface area contributed by atoms with E-state index in [1.54, 1.807) is 23.1 Å². The molecule has 1 amide bonds. The van der Waals surface area contributed by atoms with Gasteiger partial charge < -0.3 is 10.6 Å². The second kappa shape index (κ2) is 4.98. The molecular formula is C10H14ClN3O. The molecular weight excluding hydrogens is 214 g/mol. The molecule has 0 unspecified atom stereocenters. The zero-order valence-corrected chi connectivity index (χ0v) is 9.53. The zero-order valence-electron chi connectivity index (χ0n) is 8.77. The summed E-state index contributed by atoms with van der Waals surface area (Å²) in [6.45, 7) is 4.07. The van der Waals surface area contributed by atoms with E-state index in [4.69, 9.17) is 17.3 Å². The lowest BCUT2D eigenvalue weighted by Crippen LogP contribution is -2.39. The second-order valence-electron chi connectivity index (χ2n) is 3.51. The Balaban J connectivity index is 2.93. The minimum atomic E-state index is -0.384. The van der Waals surface area contributed by atoms with Crippen LogP contribution in [0.5, 0.6) is 0 Å². The van der Waals surface area contributed by atoms with Gasteiger partial charge in [0.1, 0.15) is 11.0 Å². The Bertz CT molecular complexity index is 354. The predicted molar refractivity (Wildman–Crippen MR) is 60.9 cm³/mol. The van der Waals surface area contributed by atoms with Crippen LogP contribution in [-0.4, -0.2) is 23.5 Å². The van der Waals surface area contributed by atoms with Crippen LogP contribution in [0.15, 0.2) is 18.2 Å². The first kappa shape index (κ1) is 11.8. The van der Waals surface area contributed by atoms with Crippen LogP contribution >= 0.6 is 11.6 Å². The first-order valence-corrected chi connectivity index (χ1v) is 5.06. The van der Waals surface area contributed by atoms with Gasteiger partial charge in [0.25, 0.3) is 0 Å². The number of rotatable bonds is 4. The standard InChI is InChI=1S/C10H14ClN3O/c1-7(2)14(6-9(12)15)10-5-3-4-8(11)13-10/h3-5,7H,6H2,1-2H3,(H2,12,15). The number of halogens is 1. The maximum atomic E-state index is 10.9. The van der Waals surface area contributed by atoms with Gasteiger partial charge in [-0.15, -0.1) is 0 Å². The van der Waals surface area contributed by atoms with Crippen molar-refractivity contribution in [1.82, 2.24) is 4.98 Å². The molecule has 1 rings (SSSR count). The first-order valence-electron chi connectivity index (χ1n) is 4.68. The molecule has 0 atom stereocenters. The molecule has 0 fully saturated rings. The summed E-state index contributed by atoms with van der Waals surface area (Å²) in [6.07, 6.45) is 0. The Labute approximate surface area is 94.0 Å². The van der Waals surface area contributed by atoms with Crippen LogP contribution in [0.1, 0.15) is 13.8 Å². The average Bonchev–Trinajstić information content (AvgIpc) is 2.13. The van der Waals surface area contributed by atoms with Gasteiger partial charge in [-0.2, -0.15) is 0 Å². The van der Waals surface area contributed by atoms with Crippen molar-refractivity contribution in [3.63, 3.8) is 0 Å². The van der Waals surface area contributed by atoms with Crippen molar-refractivity contribution in [3.8, 4) is 0 Å². The summed E-state index contributed by atoms with van der Waals surface area (Å²) in [5, 5.41) is 0.405. The molecule has 0 aromatic carbocycles. The molecule has 0 saturated carbocycles. The summed E-state index contributed by atoms with van der Waals surface area (Å²) >= 11 is 5.78. The normalized spacial score (nSPS) is 10.4. The largest absolute Gasteiger partial charge is 0.368 e. The Morgan fingerprint density at radius 1 is 1.60 bits per heavy atom. The van der Waals surface area contributed by atoms with Crippen LogP contribution < -0.4 is 10.6 Å². The summed E-state index contributed by atoms with van der Waals surface area (Å²) in [5.74, 6) is 0.279. The molecule has 4 nitrogen and oxygen atoms in total. The summed E-state index contributed by atoms with van der Waals surface area (Å²) < 4.78 is 0. The molecule has 0 bridgehead atoms. The van der Waals surface area contributed by atoms with Crippen molar-refractivity contribution in [1.29, 1.82) is 0 Å². The van der Waals surface area contributed by atoms with Crippen molar-refractivity contribution < 1.29 is 4.79 Å². The number of amides is 1. The Morgan fingerprint density at radius 2 is 2.27 bits per heavy atom. The van der Waals surface area contributed by atoms with E-state index in [1.165, 1.54) is 0 Å². The highest BCUT2D eigenvalue weighted by molar-refractivity contribution is 6.29. The van der Waals surface area contributed by atoms with Gasteiger partial charge in [0.05, 0.1) is 6.54 Å². The summed E-state index contributed by atoms with van der Waals surface area (Å²) in [4.78, 5) is 16.8. The number of hydrogen-bond donors (Lipinski definition) is 1. The second-order valence-corrected chi connectivity index (χ2v) is 3.89. The maximum Gasteiger partial charge on any atom is 0.237 e. The Morgan fingerprint density at radius 3 is 2.73 bits per heavy atom. The number of nitrogens with two attached hydrogens (primary N) is 1. The predicted octanol–water partition coefficient (Wildman–Crippen LogP) is 1.44. The van der Waals surface area contributed by atoms with Crippen molar-refractivity contribution in [2.24, 2.45) is 5.73 Å². The molecule has 0 spiro atoms. The fourth-order valence-corrected chi connectivity index (χ4v) is 1.41. The molecule has 1 heterocycles. The van der Waals surface area contributed by atoms with E-state index in [0.717, 1.165) is 0 Å². The number of carbonyl (C=O) groups excluding carboxylic acids is 1. The highest BCUT2D eigenvalue weighted by Gasteiger charge is 2.14. The molecule has 1 aromatic rings. The number of nitrogens with zero attached hydrogens (tertiary/aromatic N) is 2. The van der Waals surface area contributed by atoms with Gasteiger partial charge in [-0.3, -0.25) is 4.79 Å². The van der Waals surface area contributed by atoms with Crippen LogP contribution in [0.3, 0.4) is 0 Å². The van der Waals surface area contributed by atoms with Crippen LogP contribution in [0.2, 0.25) is 5.15 Å². The number of primary amides is 1. The molecule has 0 aliphatic heterocycles. The Kier molecular flexibility index (Phi) is 3.91. The van der Waals surface area contributed by atoms with E-state index in [2.05, 4.69) is 4.98 Å². The van der Waals surface area contributed by atoms with Gasteiger partial charge in [-0.05, 0) is 26.0 Å². The van der Waals surface area contributed by atoms with Crippen LogP contribution in [0.25, 0.3) is 0 Å². The molecule has 0 aliphatic carbocycles. The highest BCUT2D eigenvalue weighted by Crippen LogP contribution is 2.16. The minimum absolute atomic E-state index is 0.142. The summed E-state index contributed by atoms with van der Waals surface area (Å²) in [5.41, 5.74) is 5.17. The zero-order chi connectivity index (χ0) is 11.4. The van der Waals surface area contributed by atoms with E-state index in [9.17, 15) is 4.79 Å². The molecule has 1 aromatic heterocycles. The molecule has 15 heavy (non-hydrogen) atoms. The number of aromatic nitrogens is 1. The number of hydrogen-bond acceptors (Lipinski definition) is 3. The van der Waals surface area contributed by atoms with Gasteiger partial charge >= 0.3 is 0 Å². The smallest absolute Gasteiger partial charge is 0.237 e. The van der Waals surface area contributed by atoms with Gasteiger partial charge in [0, 0.05) is 6.04 Å². The SMILES string of the molecule is CC(C)N(CC(N)=O)c1cccc(Cl)n1. The fraction of sp³-hybridized carbons (Fsp3) is 0.400. The van der Waals surface area contributed by atoms with E-state index in [0.29, 0.717) is 11.0 Å². The van der Waals surface area contributed by atoms with Crippen LogP contribution in [0.4, 0.5) is 5.82 Å². The minimum Gasteiger partial charge on any atom is -0.368 e. The van der Waals surface area contributed by atoms with Gasteiger partial charge in [-0.1, -0.05) is 17.7 Å². The lowest BCUT2D eigenvalue weighted by atomic mass is 10.3. The van der Waals surface area contributed by atoms with E-state index in [1.807, 2.05) is 13.8 Å². The van der Waals surface area contributed by atoms with E-state index in [-0.39, 0.29) is 18.5 Å². The summed E-state index contributed by atoms with van der Waals surface area (Å²) in [6, 6.07) is 5.42. The topological polar surface area (TPSA) is 59.2 Å². The van der Waals surface area contributed by atoms with Crippen molar-refractivity contribution in [3.05, 3.63) is 23.4 Å². The molecule has 82 valence electrons. The van der Waals surface area contributed by atoms with E-state index < -0.39 is 0 Å². The van der Waals surface area contributed by atoms with Gasteiger partial charge in [0.2, 0.25) is 5.91 Å². The lowest BCUT2D eigenvalue weighted by Gasteiger charge is -2.26. The summed E-state index contributed by atoms with van der Waals surface area (Å²) in [7, 11) is 0. The van der Waals surface area contributed by atoms with Crippen molar-refractivity contribution in [2.75, 3.05) is 11.4 Å². The molecule has 0 radical (unpaired) electrons. The first-order chi connectivity index (χ1) is 7.00. The molecule has 0 aliphatic rings. The van der Waals surface area contributed by atoms with Gasteiger partial charge in [-0.25, -0.2) is 4.98 Å². The third kappa shape index (κ3) is 3.40. The van der Waals surface area contributed by atoms with E-state index >= 15 is 0 Å². The quantitative estimate of drug-likeness (QED) is 0.792. The van der Waals surface area contributed by atoms with Crippen LogP contribution in [-0.2, 0) is 4.79 Å². The lowest BCUT2D eigenvalue weighted by molar-refractivity contribution is -0.116. The molecule has 0 saturated heterocycles. The number of anilines is 1. The third-order valence-corrected chi connectivity index (χ3v) is 2.15. The third-order valence-electron chi connectivity index (χ3n) is 1.94. The molecule has 5 heteroatoms. The van der Waals surface area contributed by atoms with Gasteiger partial charge in [0.15, 0.2) is 0 Å². The monoisotopic (exact) mass is 227 g/mol. The fourth-order valence-electron chi connectivity index (χ4n) is 1.25. The maximum absolute atomic E-state index is 10.9. The van der Waals surface area contributed by atoms with Crippen molar-refractivity contribution >= 4 is 23.3 Å². The Hall–Kier alpha value is -1.29. The number of pyridine rings is 1. The highest BCUT2D eigenvalue weighted by atomic mass is 35.5. The molecule has 2 N–H and O–H groups in total. The van der Waals surface area contributed by atoms with Crippen molar-refractivity contribution in [2.45, 2.75) is 19.9 Å². The van der Waals surface area contributed by atoms with Crippen LogP contribution in [0, 0.1) is 0 Å². The average molecular weight is 228 g/mol. The number of carbonyl (C=O) groups is 1.